The van der Waals surface area contributed by atoms with Crippen LogP contribution in [0.25, 0.3) is 11.6 Å². The Hall–Kier alpha value is -4.44. The van der Waals surface area contributed by atoms with Gasteiger partial charge in [-0.3, -0.25) is 9.59 Å². The number of hydrogen-bond acceptors (Lipinski definition) is 9. The van der Waals surface area contributed by atoms with Gasteiger partial charge in [-0.05, 0) is 47.9 Å². The number of nitrogens with one attached hydrogen (secondary N) is 2. The summed E-state index contributed by atoms with van der Waals surface area (Å²) in [5.74, 6) is 1.26. The molecule has 4 N–H and O–H groups in total. The van der Waals surface area contributed by atoms with Crippen molar-refractivity contribution in [2.24, 2.45) is 11.7 Å². The van der Waals surface area contributed by atoms with Gasteiger partial charge in [0.1, 0.15) is 29.2 Å². The van der Waals surface area contributed by atoms with Crippen molar-refractivity contribution < 1.29 is 23.2 Å². The number of hydrogen-bond donors (Lipinski definition) is 3. The van der Waals surface area contributed by atoms with Gasteiger partial charge in [0.25, 0.3) is 0 Å². The van der Waals surface area contributed by atoms with Crippen molar-refractivity contribution in [3.8, 4) is 17.3 Å². The monoisotopic (exact) mass is 595 g/mol. The second-order valence-corrected chi connectivity index (χ2v) is 12.4. The maximum absolute atomic E-state index is 13.3. The second kappa shape index (κ2) is 10.9. The molecule has 228 valence electrons. The summed E-state index contributed by atoms with van der Waals surface area (Å²) < 4.78 is 19.3. The van der Waals surface area contributed by atoms with Crippen molar-refractivity contribution in [2.75, 3.05) is 5.32 Å². The van der Waals surface area contributed by atoms with Gasteiger partial charge in [0.2, 0.25) is 17.7 Å². The predicted octanol–water partition coefficient (Wildman–Crippen LogP) is 5.44. The molecule has 2 aromatic heterocycles. The largest absolute Gasteiger partial charge is 0.469 e. The molecule has 2 aromatic carbocycles. The van der Waals surface area contributed by atoms with Crippen molar-refractivity contribution in [1.29, 1.82) is 0 Å². The van der Waals surface area contributed by atoms with E-state index in [-0.39, 0.29) is 23.4 Å². The smallest absolute Gasteiger partial charge is 0.249 e. The molecule has 0 saturated heterocycles. The summed E-state index contributed by atoms with van der Waals surface area (Å²) in [4.78, 5) is 34.3. The van der Waals surface area contributed by atoms with E-state index in [0.717, 1.165) is 35.2 Å². The molecule has 4 aromatic rings. The molecule has 1 amide bonds. The quantitative estimate of drug-likeness (QED) is 0.179. The number of aldehydes is 1. The summed E-state index contributed by atoms with van der Waals surface area (Å²) in [7, 11) is 0. The van der Waals surface area contributed by atoms with Crippen LogP contribution in [0.4, 0.5) is 5.69 Å². The Kier molecular flexibility index (Phi) is 7.04. The number of rotatable bonds is 8. The molecule has 4 bridgehead atoms. The minimum absolute atomic E-state index is 0.0752. The molecule has 3 aliphatic heterocycles. The van der Waals surface area contributed by atoms with Gasteiger partial charge >= 0.3 is 0 Å². The number of unbranched alkanes of at least 4 members (excludes halogenated alkanes) is 3. The van der Waals surface area contributed by atoms with E-state index in [1.165, 1.54) is 31.1 Å². The predicted molar refractivity (Wildman–Crippen MR) is 163 cm³/mol. The van der Waals surface area contributed by atoms with Crippen LogP contribution in [0.15, 0.2) is 51.5 Å². The first kappa shape index (κ1) is 28.3. The maximum Gasteiger partial charge on any atom is 0.249 e. The van der Waals surface area contributed by atoms with E-state index in [0.29, 0.717) is 35.8 Å². The third kappa shape index (κ3) is 4.34. The molecule has 3 aliphatic rings. The van der Waals surface area contributed by atoms with Crippen molar-refractivity contribution in [3.05, 3.63) is 82.3 Å². The molecule has 1 spiro atoms. The number of carbonyl (C=O) groups is 2. The zero-order valence-corrected chi connectivity index (χ0v) is 25.2. The zero-order chi connectivity index (χ0) is 30.6. The highest BCUT2D eigenvalue weighted by Crippen LogP contribution is 2.60. The molecule has 2 unspecified atom stereocenters. The van der Waals surface area contributed by atoms with Crippen molar-refractivity contribution >= 4 is 17.9 Å². The van der Waals surface area contributed by atoms with Crippen molar-refractivity contribution in [3.63, 3.8) is 0 Å². The lowest BCUT2D eigenvalue weighted by Gasteiger charge is -2.28. The van der Waals surface area contributed by atoms with E-state index in [4.69, 9.17) is 24.3 Å². The normalized spacial score (nSPS) is 23.2. The SMILES string of the molecule is CCCCCCc1cccc2c1NC1Oc3ccc4cc3C21c1oc(nc1-c1nc(C=O)co1)[C@H](C(C)C)NC(=O)[C@@H](N)C4. The Labute approximate surface area is 255 Å². The molecule has 5 heterocycles. The van der Waals surface area contributed by atoms with E-state index in [1.807, 2.05) is 26.0 Å². The lowest BCUT2D eigenvalue weighted by atomic mass is 9.72. The fraction of sp³-hybridized carbons (Fsp3) is 0.412. The molecule has 0 saturated carbocycles. The van der Waals surface area contributed by atoms with Gasteiger partial charge in [0.05, 0.1) is 6.04 Å². The van der Waals surface area contributed by atoms with Gasteiger partial charge in [0.15, 0.2) is 24.0 Å². The Bertz CT molecular complexity index is 1740. The number of oxazole rings is 2. The lowest BCUT2D eigenvalue weighted by Crippen LogP contribution is -2.45. The standard InChI is InChI=1S/C34H37N5O5/c1-4-5-6-7-9-20-10-8-11-22-27(20)39-33-34(22)23-14-19(12-13-25(23)43-33)15-24(35)30(41)37-26(18(2)3)32-38-28(29(34)44-32)31-36-21(16-40)17-42-31/h8,10-14,16-18,24,26,33,39H,4-7,9,15,35H2,1-3H3,(H,37,41)/t24-,26-,33?,34?/m0/s1. The number of para-hydroxylation sites is 1. The maximum atomic E-state index is 13.3. The first-order valence-corrected chi connectivity index (χ1v) is 15.5. The molecule has 7 rings (SSSR count). The summed E-state index contributed by atoms with van der Waals surface area (Å²) in [6, 6.07) is 11.0. The molecule has 44 heavy (non-hydrogen) atoms. The Balaban J connectivity index is 1.51. The Morgan fingerprint density at radius 1 is 1.11 bits per heavy atom. The summed E-state index contributed by atoms with van der Waals surface area (Å²) in [6.07, 6.45) is 7.29. The minimum Gasteiger partial charge on any atom is -0.469 e. The number of aryl methyl sites for hydroxylation is 1. The molecule has 10 heteroatoms. The van der Waals surface area contributed by atoms with E-state index < -0.39 is 23.7 Å². The minimum atomic E-state index is -0.967. The molecule has 0 fully saturated rings. The molecular weight excluding hydrogens is 558 g/mol. The molecule has 10 nitrogen and oxygen atoms in total. The van der Waals surface area contributed by atoms with Crippen LogP contribution >= 0.6 is 0 Å². The van der Waals surface area contributed by atoms with E-state index in [9.17, 15) is 9.59 Å². The van der Waals surface area contributed by atoms with E-state index >= 15 is 0 Å². The van der Waals surface area contributed by atoms with E-state index in [2.05, 4.69) is 46.8 Å². The Morgan fingerprint density at radius 3 is 2.75 bits per heavy atom. The average molecular weight is 596 g/mol. The first-order chi connectivity index (χ1) is 21.3. The summed E-state index contributed by atoms with van der Waals surface area (Å²) in [6.45, 7) is 6.18. The number of carbonyl (C=O) groups excluding carboxylic acids is 2. The van der Waals surface area contributed by atoms with Crippen LogP contribution < -0.4 is 21.1 Å². The summed E-state index contributed by atoms with van der Waals surface area (Å²) >= 11 is 0. The van der Waals surface area contributed by atoms with Crippen LogP contribution in [0, 0.1) is 5.92 Å². The van der Waals surface area contributed by atoms with Gasteiger partial charge in [-0.15, -0.1) is 0 Å². The van der Waals surface area contributed by atoms with Crippen molar-refractivity contribution in [2.45, 2.75) is 83.0 Å². The van der Waals surface area contributed by atoms with E-state index in [1.54, 1.807) is 0 Å². The fourth-order valence-electron chi connectivity index (χ4n) is 6.89. The highest BCUT2D eigenvalue weighted by atomic mass is 16.5. The molecular formula is C34H37N5O5. The Morgan fingerprint density at radius 2 is 1.98 bits per heavy atom. The van der Waals surface area contributed by atoms with Crippen LogP contribution in [0.2, 0.25) is 0 Å². The number of ether oxygens (including phenoxy) is 1. The zero-order valence-electron chi connectivity index (χ0n) is 25.2. The number of nitrogens with two attached hydrogens (primary N) is 1. The van der Waals surface area contributed by atoms with Crippen LogP contribution in [-0.4, -0.2) is 34.4 Å². The molecule has 0 aliphatic carbocycles. The lowest BCUT2D eigenvalue weighted by molar-refractivity contribution is -0.123. The van der Waals surface area contributed by atoms with Gasteiger partial charge in [0, 0.05) is 11.3 Å². The number of anilines is 1. The topological polar surface area (TPSA) is 146 Å². The highest BCUT2D eigenvalue weighted by molar-refractivity contribution is 5.83. The molecule has 4 atom stereocenters. The third-order valence-corrected chi connectivity index (χ3v) is 9.13. The summed E-state index contributed by atoms with van der Waals surface area (Å²) in [5.41, 5.74) is 11.0. The van der Waals surface area contributed by atoms with Crippen molar-refractivity contribution in [1.82, 2.24) is 15.3 Å². The fourth-order valence-corrected chi connectivity index (χ4v) is 6.89. The summed E-state index contributed by atoms with van der Waals surface area (Å²) in [5, 5.41) is 6.79. The van der Waals surface area contributed by atoms with Crippen LogP contribution in [0.1, 0.15) is 96.9 Å². The van der Waals surface area contributed by atoms with Gasteiger partial charge in [-0.2, -0.15) is 0 Å². The third-order valence-electron chi connectivity index (χ3n) is 9.13. The average Bonchev–Trinajstić information content (AvgIpc) is 3.78. The number of fused-ring (bicyclic) bond motifs is 4. The number of nitrogens with zero attached hydrogens (tertiary/aromatic N) is 2. The van der Waals surface area contributed by atoms with Crippen LogP contribution in [0.5, 0.6) is 5.75 Å². The van der Waals surface area contributed by atoms with Gasteiger partial charge in [-0.1, -0.05) is 70.4 Å². The number of benzene rings is 2. The van der Waals surface area contributed by atoms with Crippen LogP contribution in [0.3, 0.4) is 0 Å². The first-order valence-electron chi connectivity index (χ1n) is 15.5. The second-order valence-electron chi connectivity index (χ2n) is 12.4. The van der Waals surface area contributed by atoms with Crippen LogP contribution in [-0.2, 0) is 23.1 Å². The number of aromatic nitrogens is 2. The number of amides is 1. The highest BCUT2D eigenvalue weighted by Gasteiger charge is 2.61. The van der Waals surface area contributed by atoms with Gasteiger partial charge < -0.3 is 29.9 Å². The van der Waals surface area contributed by atoms with Gasteiger partial charge in [-0.25, -0.2) is 9.97 Å². The molecule has 0 radical (unpaired) electrons.